The molecule has 1 aliphatic rings. The number of carbonyl (C=O) groups is 1. The highest BCUT2D eigenvalue weighted by Gasteiger charge is 2.42. The zero-order valence-electron chi connectivity index (χ0n) is 13.5. The number of anilines is 1. The Morgan fingerprint density at radius 3 is 2.75 bits per heavy atom. The van der Waals surface area contributed by atoms with Gasteiger partial charge in [-0.1, -0.05) is 18.3 Å². The molecule has 3 aromatic rings. The van der Waals surface area contributed by atoms with Crippen LogP contribution in [0, 0.1) is 6.92 Å². The van der Waals surface area contributed by atoms with Crippen molar-refractivity contribution in [3.8, 4) is 10.6 Å². The Morgan fingerprint density at radius 1 is 1.29 bits per heavy atom. The summed E-state index contributed by atoms with van der Waals surface area (Å²) >= 11 is 1.43. The summed E-state index contributed by atoms with van der Waals surface area (Å²) in [5.74, 6) is 0.894. The fourth-order valence-corrected chi connectivity index (χ4v) is 3.43. The molecular formula is C17H17N5OS. The number of rotatable bonds is 3. The van der Waals surface area contributed by atoms with Crippen LogP contribution in [0.4, 0.5) is 9.93 Å². The van der Waals surface area contributed by atoms with Gasteiger partial charge in [0.15, 0.2) is 5.13 Å². The van der Waals surface area contributed by atoms with Gasteiger partial charge in [-0.3, -0.25) is 9.88 Å². The third kappa shape index (κ3) is 2.71. The largest absolute Gasteiger partial charge is 0.331 e. The van der Waals surface area contributed by atoms with Gasteiger partial charge < -0.3 is 0 Å². The zero-order valence-corrected chi connectivity index (χ0v) is 14.3. The van der Waals surface area contributed by atoms with Crippen molar-refractivity contribution in [3.63, 3.8) is 0 Å². The molecule has 1 saturated carbocycles. The van der Waals surface area contributed by atoms with Crippen molar-refractivity contribution in [1.82, 2.24) is 19.5 Å². The molecule has 0 unspecified atom stereocenters. The lowest BCUT2D eigenvalue weighted by atomic mass is 10.1. The topological polar surface area (TPSA) is 72.7 Å². The number of aryl methyl sites for hydroxylation is 1. The number of nitrogens with one attached hydrogen (secondary N) is 1. The van der Waals surface area contributed by atoms with Crippen LogP contribution in [0.2, 0.25) is 0 Å². The van der Waals surface area contributed by atoms with Crippen molar-refractivity contribution in [2.45, 2.75) is 32.1 Å². The molecule has 0 radical (unpaired) electrons. The van der Waals surface area contributed by atoms with Gasteiger partial charge in [-0.25, -0.2) is 19.7 Å². The second-order valence-corrected chi connectivity index (χ2v) is 7.28. The first-order chi connectivity index (χ1) is 11.5. The monoisotopic (exact) mass is 339 g/mol. The number of hydrogen-bond acceptors (Lipinski definition) is 5. The molecule has 122 valence electrons. The van der Waals surface area contributed by atoms with Crippen molar-refractivity contribution in [1.29, 1.82) is 0 Å². The molecule has 6 nitrogen and oxygen atoms in total. The average Bonchev–Trinajstić information content (AvgIpc) is 3.00. The van der Waals surface area contributed by atoms with E-state index in [1.54, 1.807) is 30.7 Å². The number of aromatic nitrogens is 4. The summed E-state index contributed by atoms with van der Waals surface area (Å²) in [7, 11) is 0. The Hall–Kier alpha value is -2.54. The molecule has 3 aromatic heterocycles. The standard InChI is InChI=1S/C17H17N5OS/c1-11-13(12-5-8-18-14(20-12)17(2)6-7-17)24-15(19-11)21-16(23)22-9-3-4-10-22/h3-5,8-10H,6-7H2,1-2H3,(H,19,21,23). The zero-order chi connectivity index (χ0) is 16.7. The first-order valence-corrected chi connectivity index (χ1v) is 8.62. The van der Waals surface area contributed by atoms with E-state index in [1.807, 2.05) is 13.0 Å². The van der Waals surface area contributed by atoms with Crippen molar-refractivity contribution >= 4 is 22.5 Å². The molecule has 0 saturated heterocycles. The predicted octanol–water partition coefficient (Wildman–Crippen LogP) is 3.84. The van der Waals surface area contributed by atoms with E-state index in [0.29, 0.717) is 5.13 Å². The van der Waals surface area contributed by atoms with Gasteiger partial charge in [0.2, 0.25) is 0 Å². The second-order valence-electron chi connectivity index (χ2n) is 6.28. The van der Waals surface area contributed by atoms with Crippen molar-refractivity contribution < 1.29 is 4.79 Å². The van der Waals surface area contributed by atoms with Crippen LogP contribution < -0.4 is 5.32 Å². The van der Waals surface area contributed by atoms with Gasteiger partial charge in [0, 0.05) is 24.0 Å². The highest BCUT2D eigenvalue weighted by atomic mass is 32.1. The van der Waals surface area contributed by atoms with Crippen LogP contribution in [0.5, 0.6) is 0 Å². The molecule has 1 aliphatic carbocycles. The van der Waals surface area contributed by atoms with Gasteiger partial charge in [0.05, 0.1) is 16.3 Å². The normalized spacial score (nSPS) is 15.2. The third-order valence-electron chi connectivity index (χ3n) is 4.28. The minimum atomic E-state index is -0.228. The molecule has 0 aliphatic heterocycles. The number of hydrogen-bond donors (Lipinski definition) is 1. The second kappa shape index (κ2) is 5.52. The Morgan fingerprint density at radius 2 is 2.04 bits per heavy atom. The number of amides is 1. The summed E-state index contributed by atoms with van der Waals surface area (Å²) in [4.78, 5) is 26.7. The van der Waals surface area contributed by atoms with Gasteiger partial charge in [-0.15, -0.1) is 0 Å². The van der Waals surface area contributed by atoms with Crippen molar-refractivity contribution in [3.05, 3.63) is 48.3 Å². The Bertz CT molecular complexity index is 896. The fourth-order valence-electron chi connectivity index (χ4n) is 2.50. The van der Waals surface area contributed by atoms with Crippen LogP contribution >= 0.6 is 11.3 Å². The quantitative estimate of drug-likeness (QED) is 0.787. The lowest BCUT2D eigenvalue weighted by Gasteiger charge is -2.07. The number of nitrogens with zero attached hydrogens (tertiary/aromatic N) is 4. The molecule has 0 bridgehead atoms. The first-order valence-electron chi connectivity index (χ1n) is 7.81. The van der Waals surface area contributed by atoms with Crippen LogP contribution in [0.1, 0.15) is 31.3 Å². The molecule has 1 amide bonds. The molecule has 24 heavy (non-hydrogen) atoms. The highest BCUT2D eigenvalue weighted by Crippen LogP contribution is 2.46. The molecular weight excluding hydrogens is 322 g/mol. The Labute approximate surface area is 143 Å². The highest BCUT2D eigenvalue weighted by molar-refractivity contribution is 7.19. The lowest BCUT2D eigenvalue weighted by molar-refractivity contribution is 0.253. The lowest BCUT2D eigenvalue weighted by Crippen LogP contribution is -2.17. The number of carbonyl (C=O) groups excluding carboxylic acids is 1. The maximum absolute atomic E-state index is 12.1. The molecule has 7 heteroatoms. The molecule has 4 rings (SSSR count). The molecule has 1 N–H and O–H groups in total. The van der Waals surface area contributed by atoms with Crippen LogP contribution in [-0.2, 0) is 5.41 Å². The summed E-state index contributed by atoms with van der Waals surface area (Å²) in [5.41, 5.74) is 1.85. The Kier molecular flexibility index (Phi) is 3.45. The average molecular weight is 339 g/mol. The smallest absolute Gasteiger partial charge is 0.283 e. The molecule has 3 heterocycles. The van der Waals surface area contributed by atoms with Gasteiger partial charge >= 0.3 is 6.03 Å². The maximum Gasteiger partial charge on any atom is 0.331 e. The van der Waals surface area contributed by atoms with E-state index in [4.69, 9.17) is 4.98 Å². The van der Waals surface area contributed by atoms with Crippen LogP contribution in [0.3, 0.4) is 0 Å². The molecule has 0 aromatic carbocycles. The predicted molar refractivity (Wildman–Crippen MR) is 93.3 cm³/mol. The van der Waals surface area contributed by atoms with Gasteiger partial charge in [-0.2, -0.15) is 0 Å². The van der Waals surface area contributed by atoms with E-state index in [0.717, 1.165) is 34.9 Å². The van der Waals surface area contributed by atoms with Gasteiger partial charge in [0.25, 0.3) is 0 Å². The summed E-state index contributed by atoms with van der Waals surface area (Å²) < 4.78 is 1.48. The van der Waals surface area contributed by atoms with Crippen LogP contribution in [0.25, 0.3) is 10.6 Å². The summed E-state index contributed by atoms with van der Waals surface area (Å²) in [5, 5.41) is 3.39. The summed E-state index contributed by atoms with van der Waals surface area (Å²) in [6.45, 7) is 4.12. The first kappa shape index (κ1) is 15.0. The van der Waals surface area contributed by atoms with Crippen LogP contribution in [0.15, 0.2) is 36.8 Å². The van der Waals surface area contributed by atoms with E-state index >= 15 is 0 Å². The summed E-state index contributed by atoms with van der Waals surface area (Å²) in [6.07, 6.45) is 7.47. The van der Waals surface area contributed by atoms with E-state index < -0.39 is 0 Å². The van der Waals surface area contributed by atoms with Gasteiger partial charge in [-0.05, 0) is 38.0 Å². The van der Waals surface area contributed by atoms with Crippen molar-refractivity contribution in [2.24, 2.45) is 0 Å². The van der Waals surface area contributed by atoms with E-state index in [1.165, 1.54) is 15.9 Å². The van der Waals surface area contributed by atoms with Crippen molar-refractivity contribution in [2.75, 3.05) is 5.32 Å². The fraction of sp³-hybridized carbons (Fsp3) is 0.294. The van der Waals surface area contributed by atoms with E-state index in [9.17, 15) is 4.79 Å². The minimum Gasteiger partial charge on any atom is -0.283 e. The molecule has 1 fully saturated rings. The SMILES string of the molecule is Cc1nc(NC(=O)n2cccc2)sc1-c1ccnc(C2(C)CC2)n1. The van der Waals surface area contributed by atoms with E-state index in [-0.39, 0.29) is 11.4 Å². The Balaban J connectivity index is 1.61. The van der Waals surface area contributed by atoms with E-state index in [2.05, 4.69) is 22.2 Å². The molecule has 0 spiro atoms. The molecule has 0 atom stereocenters. The maximum atomic E-state index is 12.1. The van der Waals surface area contributed by atoms with Crippen LogP contribution in [-0.4, -0.2) is 25.6 Å². The minimum absolute atomic E-state index is 0.125. The third-order valence-corrected chi connectivity index (χ3v) is 5.37. The number of thiazole rings is 1. The van der Waals surface area contributed by atoms with Gasteiger partial charge in [0.1, 0.15) is 5.82 Å². The summed E-state index contributed by atoms with van der Waals surface area (Å²) in [6, 6.07) is 5.28.